The summed E-state index contributed by atoms with van der Waals surface area (Å²) in [5.74, 6) is 2.79. The summed E-state index contributed by atoms with van der Waals surface area (Å²) in [5.41, 5.74) is 3.70. The van der Waals surface area contributed by atoms with Crippen molar-refractivity contribution in [2.75, 3.05) is 0 Å². The number of benzene rings is 3. The molecular weight excluding hydrogens is 228 g/mol. The van der Waals surface area contributed by atoms with Gasteiger partial charge in [-0.2, -0.15) is 0 Å². The van der Waals surface area contributed by atoms with Crippen molar-refractivity contribution in [2.24, 2.45) is 0 Å². The van der Waals surface area contributed by atoms with E-state index < -0.39 is 0 Å². The molecule has 0 spiro atoms. The van der Waals surface area contributed by atoms with Crippen LogP contribution in [0.25, 0.3) is 21.9 Å². The first-order chi connectivity index (χ1) is 9.40. The fourth-order valence-corrected chi connectivity index (χ4v) is 2.52. The Kier molecular flexibility index (Phi) is 3.04. The minimum atomic E-state index is 0.658. The molecule has 0 N–H and O–H groups in total. The zero-order valence-electron chi connectivity index (χ0n) is 10.6. The molecule has 0 amide bonds. The van der Waals surface area contributed by atoms with Crippen molar-refractivity contribution in [3.8, 4) is 23.5 Å². The van der Waals surface area contributed by atoms with Crippen molar-refractivity contribution in [1.29, 1.82) is 0 Å². The number of rotatable bonds is 2. The second kappa shape index (κ2) is 5.00. The molecule has 3 rings (SSSR count). The molecule has 0 unspecified atom stereocenters. The molecule has 0 bridgehead atoms. The summed E-state index contributed by atoms with van der Waals surface area (Å²) < 4.78 is 0. The molecule has 0 aliphatic carbocycles. The van der Waals surface area contributed by atoms with Gasteiger partial charge in [-0.15, -0.1) is 12.3 Å². The van der Waals surface area contributed by atoms with E-state index in [0.29, 0.717) is 6.42 Å². The van der Waals surface area contributed by atoms with E-state index in [2.05, 4.69) is 66.6 Å². The Hall–Kier alpha value is -2.52. The van der Waals surface area contributed by atoms with Crippen LogP contribution in [-0.4, -0.2) is 0 Å². The average molecular weight is 242 g/mol. The van der Waals surface area contributed by atoms with Crippen LogP contribution < -0.4 is 0 Å². The Labute approximate surface area is 113 Å². The molecule has 0 heterocycles. The molecular formula is C19H14. The van der Waals surface area contributed by atoms with Gasteiger partial charge in [0.05, 0.1) is 0 Å². The van der Waals surface area contributed by atoms with Crippen LogP contribution in [0.4, 0.5) is 0 Å². The lowest BCUT2D eigenvalue weighted by Crippen LogP contribution is -1.91. The van der Waals surface area contributed by atoms with Crippen molar-refractivity contribution in [1.82, 2.24) is 0 Å². The van der Waals surface area contributed by atoms with Crippen molar-refractivity contribution in [2.45, 2.75) is 6.42 Å². The lowest BCUT2D eigenvalue weighted by molar-refractivity contribution is 1.36. The highest BCUT2D eigenvalue weighted by molar-refractivity contribution is 5.92. The third kappa shape index (κ3) is 2.11. The summed E-state index contributed by atoms with van der Waals surface area (Å²) >= 11 is 0. The molecule has 0 radical (unpaired) electrons. The van der Waals surface area contributed by atoms with E-state index in [4.69, 9.17) is 6.42 Å². The number of terminal acetylenes is 1. The zero-order valence-corrected chi connectivity index (χ0v) is 10.6. The molecule has 0 saturated carbocycles. The summed E-state index contributed by atoms with van der Waals surface area (Å²) in [6.07, 6.45) is 6.21. The lowest BCUT2D eigenvalue weighted by atomic mass is 9.92. The van der Waals surface area contributed by atoms with Gasteiger partial charge in [-0.3, -0.25) is 0 Å². The summed E-state index contributed by atoms with van der Waals surface area (Å²) in [6.45, 7) is 0. The van der Waals surface area contributed by atoms with E-state index in [1.54, 1.807) is 0 Å². The Bertz CT molecular complexity index is 746. The topological polar surface area (TPSA) is 0 Å². The van der Waals surface area contributed by atoms with Crippen LogP contribution in [0.2, 0.25) is 0 Å². The minimum absolute atomic E-state index is 0.658. The summed E-state index contributed by atoms with van der Waals surface area (Å²) in [6, 6.07) is 23.1. The highest BCUT2D eigenvalue weighted by atomic mass is 14.1. The van der Waals surface area contributed by atoms with Gasteiger partial charge < -0.3 is 0 Å². The van der Waals surface area contributed by atoms with E-state index in [-0.39, 0.29) is 0 Å². The second-order valence-electron chi connectivity index (χ2n) is 4.56. The SMILES string of the molecule is C#CCc1c(-c2ccccc2)ccc2ccccc12. The lowest BCUT2D eigenvalue weighted by Gasteiger charge is -2.11. The maximum absolute atomic E-state index is 5.55. The first-order valence-electron chi connectivity index (χ1n) is 6.39. The molecule has 0 fully saturated rings. The second-order valence-corrected chi connectivity index (χ2v) is 4.56. The Morgan fingerprint density at radius 2 is 1.53 bits per heavy atom. The largest absolute Gasteiger partial charge is 0.120 e. The first-order valence-corrected chi connectivity index (χ1v) is 6.39. The molecule has 90 valence electrons. The van der Waals surface area contributed by atoms with Gasteiger partial charge in [0, 0.05) is 6.42 Å². The van der Waals surface area contributed by atoms with Crippen LogP contribution in [0.1, 0.15) is 5.56 Å². The van der Waals surface area contributed by atoms with Gasteiger partial charge >= 0.3 is 0 Å². The van der Waals surface area contributed by atoms with Crippen LogP contribution in [0.5, 0.6) is 0 Å². The van der Waals surface area contributed by atoms with Gasteiger partial charge in [0.25, 0.3) is 0 Å². The molecule has 3 aromatic carbocycles. The van der Waals surface area contributed by atoms with E-state index in [1.807, 2.05) is 6.07 Å². The Balaban J connectivity index is 2.31. The smallest absolute Gasteiger partial charge is 0.0350 e. The fraction of sp³-hybridized carbons (Fsp3) is 0.0526. The summed E-state index contributed by atoms with van der Waals surface area (Å²) in [4.78, 5) is 0. The molecule has 0 aromatic heterocycles. The van der Waals surface area contributed by atoms with E-state index in [1.165, 1.54) is 27.5 Å². The minimum Gasteiger partial charge on any atom is -0.120 e. The molecule has 0 heteroatoms. The monoisotopic (exact) mass is 242 g/mol. The molecule has 19 heavy (non-hydrogen) atoms. The van der Waals surface area contributed by atoms with Gasteiger partial charge in [0.15, 0.2) is 0 Å². The van der Waals surface area contributed by atoms with Crippen LogP contribution in [0.15, 0.2) is 66.7 Å². The Morgan fingerprint density at radius 1 is 0.789 bits per heavy atom. The zero-order chi connectivity index (χ0) is 13.1. The van der Waals surface area contributed by atoms with E-state index >= 15 is 0 Å². The predicted octanol–water partition coefficient (Wildman–Crippen LogP) is 4.68. The van der Waals surface area contributed by atoms with Crippen LogP contribution in [0.3, 0.4) is 0 Å². The van der Waals surface area contributed by atoms with Gasteiger partial charge in [0.2, 0.25) is 0 Å². The molecule has 3 aromatic rings. The molecule has 0 saturated heterocycles. The van der Waals surface area contributed by atoms with Crippen LogP contribution >= 0.6 is 0 Å². The Morgan fingerprint density at radius 3 is 2.32 bits per heavy atom. The number of fused-ring (bicyclic) bond motifs is 1. The first kappa shape index (κ1) is 11.6. The van der Waals surface area contributed by atoms with Crippen LogP contribution in [0, 0.1) is 12.3 Å². The van der Waals surface area contributed by atoms with Crippen molar-refractivity contribution < 1.29 is 0 Å². The number of hydrogen-bond donors (Lipinski definition) is 0. The highest BCUT2D eigenvalue weighted by Crippen LogP contribution is 2.30. The quantitative estimate of drug-likeness (QED) is 0.572. The standard InChI is InChI=1S/C19H14/c1-2-8-19-17-12-7-6-11-16(17)13-14-18(19)15-9-4-3-5-10-15/h1,3-7,9-14H,8H2. The normalized spacial score (nSPS) is 10.3. The van der Waals surface area contributed by atoms with Gasteiger partial charge in [-0.05, 0) is 27.5 Å². The third-order valence-electron chi connectivity index (χ3n) is 3.40. The van der Waals surface area contributed by atoms with Crippen molar-refractivity contribution >= 4 is 10.8 Å². The van der Waals surface area contributed by atoms with Gasteiger partial charge in [0.1, 0.15) is 0 Å². The average Bonchev–Trinajstić information content (AvgIpc) is 2.49. The summed E-state index contributed by atoms with van der Waals surface area (Å²) in [5, 5.41) is 2.49. The van der Waals surface area contributed by atoms with Gasteiger partial charge in [-0.1, -0.05) is 66.7 Å². The van der Waals surface area contributed by atoms with Crippen LogP contribution in [-0.2, 0) is 6.42 Å². The molecule has 0 aliphatic heterocycles. The molecule has 0 nitrogen and oxygen atoms in total. The fourth-order valence-electron chi connectivity index (χ4n) is 2.52. The number of hydrogen-bond acceptors (Lipinski definition) is 0. The summed E-state index contributed by atoms with van der Waals surface area (Å²) in [7, 11) is 0. The van der Waals surface area contributed by atoms with E-state index in [9.17, 15) is 0 Å². The van der Waals surface area contributed by atoms with Crippen molar-refractivity contribution in [3.63, 3.8) is 0 Å². The van der Waals surface area contributed by atoms with Gasteiger partial charge in [-0.25, -0.2) is 0 Å². The molecule has 0 aliphatic rings. The third-order valence-corrected chi connectivity index (χ3v) is 3.40. The maximum atomic E-state index is 5.55. The highest BCUT2D eigenvalue weighted by Gasteiger charge is 2.07. The maximum Gasteiger partial charge on any atom is 0.0350 e. The van der Waals surface area contributed by atoms with Crippen molar-refractivity contribution in [3.05, 3.63) is 72.3 Å². The molecule has 0 atom stereocenters. The predicted molar refractivity (Wildman–Crippen MR) is 81.9 cm³/mol. The van der Waals surface area contributed by atoms with E-state index in [0.717, 1.165) is 0 Å².